The molecule has 0 saturated carbocycles. The predicted octanol–water partition coefficient (Wildman–Crippen LogP) is 0.936. The number of nitrogens with one attached hydrogen (secondary N) is 2. The maximum absolute atomic E-state index is 10.8. The van der Waals surface area contributed by atoms with Crippen molar-refractivity contribution in [3.63, 3.8) is 0 Å². The molecule has 0 aliphatic heterocycles. The summed E-state index contributed by atoms with van der Waals surface area (Å²) in [6.07, 6.45) is 0. The van der Waals surface area contributed by atoms with Gasteiger partial charge in [-0.3, -0.25) is 4.99 Å². The van der Waals surface area contributed by atoms with E-state index in [-0.39, 0.29) is 11.7 Å². The van der Waals surface area contributed by atoms with E-state index in [0.717, 1.165) is 0 Å². The van der Waals surface area contributed by atoms with Crippen molar-refractivity contribution in [1.82, 2.24) is 5.32 Å². The molecule has 0 radical (unpaired) electrons. The molecule has 0 atom stereocenters. The lowest BCUT2D eigenvalue weighted by Gasteiger charge is -2.01. The molecule has 0 aliphatic carbocycles. The molecule has 7 nitrogen and oxygen atoms in total. The monoisotopic (exact) mass is 235 g/mol. The van der Waals surface area contributed by atoms with Crippen LogP contribution in [0.1, 0.15) is 0 Å². The molecule has 7 heteroatoms. The van der Waals surface area contributed by atoms with Crippen LogP contribution in [-0.2, 0) is 0 Å². The van der Waals surface area contributed by atoms with E-state index < -0.39 is 4.92 Å². The Morgan fingerprint density at radius 1 is 1.35 bits per heavy atom. The van der Waals surface area contributed by atoms with Crippen molar-refractivity contribution >= 4 is 17.4 Å². The molecule has 1 aromatic rings. The van der Waals surface area contributed by atoms with Crippen molar-refractivity contribution in [2.24, 2.45) is 10.1 Å². The van der Waals surface area contributed by atoms with Crippen molar-refractivity contribution in [2.45, 2.75) is 0 Å². The summed E-state index contributed by atoms with van der Waals surface area (Å²) in [7, 11) is 3.00. The Morgan fingerprint density at radius 3 is 2.47 bits per heavy atom. The number of para-hydroxylation sites is 1. The molecule has 17 heavy (non-hydrogen) atoms. The zero-order valence-corrected chi connectivity index (χ0v) is 9.54. The predicted molar refractivity (Wildman–Crippen MR) is 66.9 cm³/mol. The molecule has 1 rings (SSSR count). The number of amidine groups is 2. The van der Waals surface area contributed by atoms with Crippen LogP contribution >= 0.6 is 0 Å². The van der Waals surface area contributed by atoms with Gasteiger partial charge in [0.1, 0.15) is 0 Å². The number of nitro groups is 1. The summed E-state index contributed by atoms with van der Waals surface area (Å²) in [5, 5.41) is 17.1. The van der Waals surface area contributed by atoms with Crippen LogP contribution in [0.4, 0.5) is 5.69 Å². The molecule has 0 saturated heterocycles. The van der Waals surface area contributed by atoms with Gasteiger partial charge in [-0.25, -0.2) is 0 Å². The molecule has 1 aromatic carbocycles. The van der Waals surface area contributed by atoms with Crippen LogP contribution < -0.4 is 10.7 Å². The summed E-state index contributed by atoms with van der Waals surface area (Å²) in [4.78, 5) is 13.9. The lowest BCUT2D eigenvalue weighted by Crippen LogP contribution is -2.34. The van der Waals surface area contributed by atoms with Gasteiger partial charge in [0.2, 0.25) is 5.84 Å². The average molecular weight is 235 g/mol. The number of likely N-dealkylation sites (N-methyl/N-ethyl adjacent to an activating group) is 1. The Hall–Kier alpha value is -2.44. The first-order valence-electron chi connectivity index (χ1n) is 4.87. The number of hydrazone groups is 1. The van der Waals surface area contributed by atoms with Crippen LogP contribution in [0.5, 0.6) is 0 Å². The minimum absolute atomic E-state index is 0.110. The van der Waals surface area contributed by atoms with E-state index in [9.17, 15) is 10.1 Å². The van der Waals surface area contributed by atoms with Crippen LogP contribution in [0.2, 0.25) is 0 Å². The van der Waals surface area contributed by atoms with Crippen molar-refractivity contribution in [3.05, 3.63) is 40.4 Å². The highest BCUT2D eigenvalue weighted by Crippen LogP contribution is 2.04. The number of hydrogen-bond donors (Lipinski definition) is 2. The van der Waals surface area contributed by atoms with Crippen molar-refractivity contribution in [1.29, 1.82) is 0 Å². The number of rotatable bonds is 2. The van der Waals surface area contributed by atoms with Gasteiger partial charge < -0.3 is 15.4 Å². The van der Waals surface area contributed by atoms with Gasteiger partial charge in [-0.2, -0.15) is 5.43 Å². The Morgan fingerprint density at radius 2 is 2.00 bits per heavy atom. The Kier molecular flexibility index (Phi) is 4.61. The Bertz CT molecular complexity index is 441. The maximum Gasteiger partial charge on any atom is 0.430 e. The molecule has 0 aliphatic rings. The number of hydrogen-bond acceptors (Lipinski definition) is 5. The SMILES string of the molecule is CN=C(NC)/C(=N/Nc1ccccc1)[N+](=O)[O-]. The first-order chi connectivity index (χ1) is 8.19. The molecule has 2 N–H and O–H groups in total. The van der Waals surface area contributed by atoms with Gasteiger partial charge in [-0.15, -0.1) is 0 Å². The lowest BCUT2D eigenvalue weighted by molar-refractivity contribution is -0.346. The van der Waals surface area contributed by atoms with Crippen molar-refractivity contribution < 1.29 is 4.92 Å². The zero-order chi connectivity index (χ0) is 12.7. The summed E-state index contributed by atoms with van der Waals surface area (Å²) < 4.78 is 0. The summed E-state index contributed by atoms with van der Waals surface area (Å²) in [6.45, 7) is 0. The fraction of sp³-hybridized carbons (Fsp3) is 0.200. The fourth-order valence-corrected chi connectivity index (χ4v) is 1.13. The Balaban J connectivity index is 2.89. The molecule has 0 bridgehead atoms. The van der Waals surface area contributed by atoms with Crippen LogP contribution in [0, 0.1) is 10.1 Å². The summed E-state index contributed by atoms with van der Waals surface area (Å²) in [5.74, 6) is -0.253. The maximum atomic E-state index is 10.8. The van der Waals surface area contributed by atoms with Crippen LogP contribution in [0.25, 0.3) is 0 Å². The number of nitrogens with zero attached hydrogens (tertiary/aromatic N) is 3. The number of aliphatic imine (C=N–C) groups is 1. The van der Waals surface area contributed by atoms with Gasteiger partial charge in [0.05, 0.1) is 10.8 Å². The standard InChI is InChI=1S/C10H13N5O2/c1-11-9(12-2)10(15(16)17)14-13-8-6-4-3-5-7-8/h3-7,13H,1-2H3,(H,11,12)/b14-10-. The summed E-state index contributed by atoms with van der Waals surface area (Å²) in [5.41, 5.74) is 3.27. The minimum Gasteiger partial charge on any atom is -0.366 e. The highest BCUT2D eigenvalue weighted by Gasteiger charge is 2.19. The number of benzene rings is 1. The third kappa shape index (κ3) is 3.56. The zero-order valence-electron chi connectivity index (χ0n) is 9.54. The van der Waals surface area contributed by atoms with E-state index in [1.165, 1.54) is 7.05 Å². The van der Waals surface area contributed by atoms with E-state index in [2.05, 4.69) is 20.8 Å². The van der Waals surface area contributed by atoms with Crippen LogP contribution in [-0.4, -0.2) is 30.7 Å². The summed E-state index contributed by atoms with van der Waals surface area (Å²) >= 11 is 0. The first-order valence-corrected chi connectivity index (χ1v) is 4.87. The van der Waals surface area contributed by atoms with Crippen molar-refractivity contribution in [3.8, 4) is 0 Å². The third-order valence-corrected chi connectivity index (χ3v) is 1.91. The Labute approximate surface area is 98.4 Å². The smallest absolute Gasteiger partial charge is 0.366 e. The van der Waals surface area contributed by atoms with E-state index >= 15 is 0 Å². The van der Waals surface area contributed by atoms with Gasteiger partial charge in [0.15, 0.2) is 0 Å². The highest BCUT2D eigenvalue weighted by atomic mass is 16.6. The molecular weight excluding hydrogens is 222 g/mol. The van der Waals surface area contributed by atoms with Gasteiger partial charge >= 0.3 is 5.84 Å². The molecule has 90 valence electrons. The van der Waals surface area contributed by atoms with E-state index in [4.69, 9.17) is 0 Å². The van der Waals surface area contributed by atoms with Gasteiger partial charge in [0, 0.05) is 14.1 Å². The molecule has 0 unspecified atom stereocenters. The fourth-order valence-electron chi connectivity index (χ4n) is 1.13. The van der Waals surface area contributed by atoms with E-state index in [1.54, 1.807) is 31.3 Å². The largest absolute Gasteiger partial charge is 0.430 e. The molecule has 0 heterocycles. The lowest BCUT2D eigenvalue weighted by atomic mass is 10.3. The van der Waals surface area contributed by atoms with E-state index in [0.29, 0.717) is 5.69 Å². The molecule has 0 fully saturated rings. The second kappa shape index (κ2) is 6.21. The third-order valence-electron chi connectivity index (χ3n) is 1.91. The summed E-state index contributed by atoms with van der Waals surface area (Å²) in [6, 6.07) is 8.95. The first kappa shape index (κ1) is 12.6. The highest BCUT2D eigenvalue weighted by molar-refractivity contribution is 6.36. The molecule has 0 amide bonds. The molecule has 0 aromatic heterocycles. The topological polar surface area (TPSA) is 91.9 Å². The quantitative estimate of drug-likeness (QED) is 0.345. The van der Waals surface area contributed by atoms with Crippen molar-refractivity contribution in [2.75, 3.05) is 19.5 Å². The average Bonchev–Trinajstić information content (AvgIpc) is 2.35. The van der Waals surface area contributed by atoms with Gasteiger partial charge in [-0.1, -0.05) is 18.2 Å². The second-order valence-electron chi connectivity index (χ2n) is 2.99. The second-order valence-corrected chi connectivity index (χ2v) is 2.99. The van der Waals surface area contributed by atoms with Gasteiger partial charge in [-0.05, 0) is 17.1 Å². The van der Waals surface area contributed by atoms with Crippen LogP contribution in [0.15, 0.2) is 40.4 Å². The molecule has 0 spiro atoms. The van der Waals surface area contributed by atoms with Crippen LogP contribution in [0.3, 0.4) is 0 Å². The molecular formula is C10H13N5O2. The number of anilines is 1. The van der Waals surface area contributed by atoms with E-state index in [1.807, 2.05) is 6.07 Å². The normalized spacial score (nSPS) is 12.1. The van der Waals surface area contributed by atoms with Gasteiger partial charge in [0.25, 0.3) is 0 Å². The minimum atomic E-state index is -0.602.